The molecule has 28 heavy (non-hydrogen) atoms. The van der Waals surface area contributed by atoms with Crippen LogP contribution in [0.5, 0.6) is 11.5 Å². The van der Waals surface area contributed by atoms with Crippen LogP contribution >= 0.6 is 11.3 Å². The van der Waals surface area contributed by atoms with E-state index in [1.807, 2.05) is 30.3 Å². The second kappa shape index (κ2) is 7.75. The SMILES string of the molecule is COc1ccc(-c2nc(-c3cn(CCC#N)c4ccccc34)cs2)cc1OC. The molecule has 0 saturated carbocycles. The molecule has 4 aromatic rings. The first kappa shape index (κ1) is 18.1. The molecule has 0 atom stereocenters. The van der Waals surface area contributed by atoms with Gasteiger partial charge >= 0.3 is 0 Å². The molecule has 2 aromatic carbocycles. The van der Waals surface area contributed by atoms with Gasteiger partial charge in [0.25, 0.3) is 0 Å². The fourth-order valence-electron chi connectivity index (χ4n) is 3.31. The molecule has 2 heterocycles. The molecule has 5 nitrogen and oxygen atoms in total. The molecule has 2 aromatic heterocycles. The Kier molecular flexibility index (Phi) is 5.00. The van der Waals surface area contributed by atoms with Gasteiger partial charge in [0.1, 0.15) is 5.01 Å². The van der Waals surface area contributed by atoms with Crippen molar-refractivity contribution in [1.82, 2.24) is 9.55 Å². The van der Waals surface area contributed by atoms with Crippen molar-refractivity contribution in [3.8, 4) is 39.4 Å². The second-order valence-corrected chi connectivity index (χ2v) is 7.13. The highest BCUT2D eigenvalue weighted by molar-refractivity contribution is 7.13. The largest absolute Gasteiger partial charge is 0.493 e. The molecule has 4 rings (SSSR count). The molecule has 0 bridgehead atoms. The fraction of sp³-hybridized carbons (Fsp3) is 0.182. The van der Waals surface area contributed by atoms with Gasteiger partial charge in [-0.15, -0.1) is 11.3 Å². The predicted octanol–water partition coefficient (Wildman–Crippen LogP) is 5.36. The van der Waals surface area contributed by atoms with Gasteiger partial charge in [0, 0.05) is 40.2 Å². The number of methoxy groups -OCH3 is 2. The Labute approximate surface area is 167 Å². The van der Waals surface area contributed by atoms with Crippen LogP contribution in [0.15, 0.2) is 54.0 Å². The monoisotopic (exact) mass is 389 g/mol. The summed E-state index contributed by atoms with van der Waals surface area (Å²) in [5, 5.41) is 13.1. The second-order valence-electron chi connectivity index (χ2n) is 6.27. The Morgan fingerprint density at radius 3 is 2.71 bits per heavy atom. The third-order valence-electron chi connectivity index (χ3n) is 4.66. The van der Waals surface area contributed by atoms with Crippen LogP contribution in [0.25, 0.3) is 32.7 Å². The zero-order valence-electron chi connectivity index (χ0n) is 15.7. The van der Waals surface area contributed by atoms with Gasteiger partial charge in [0.2, 0.25) is 0 Å². The number of hydrogen-bond donors (Lipinski definition) is 0. The number of rotatable bonds is 6. The van der Waals surface area contributed by atoms with E-state index >= 15 is 0 Å². The maximum atomic E-state index is 8.94. The first-order valence-electron chi connectivity index (χ1n) is 8.88. The number of hydrogen-bond acceptors (Lipinski definition) is 5. The van der Waals surface area contributed by atoms with Crippen LogP contribution in [0.3, 0.4) is 0 Å². The van der Waals surface area contributed by atoms with E-state index in [1.165, 1.54) is 0 Å². The summed E-state index contributed by atoms with van der Waals surface area (Å²) in [6.07, 6.45) is 2.57. The van der Waals surface area contributed by atoms with E-state index in [-0.39, 0.29) is 0 Å². The van der Waals surface area contributed by atoms with Crippen LogP contribution < -0.4 is 9.47 Å². The molecule has 0 fully saturated rings. The third-order valence-corrected chi connectivity index (χ3v) is 5.56. The standard InChI is InChI=1S/C22H19N3O2S/c1-26-20-9-8-15(12-21(20)27-2)22-24-18(14-28-22)17-13-25(11-5-10-23)19-7-4-3-6-16(17)19/h3-4,6-9,12-14H,5,11H2,1-2H3. The summed E-state index contributed by atoms with van der Waals surface area (Å²) < 4.78 is 12.9. The Bertz CT molecular complexity index is 1170. The van der Waals surface area contributed by atoms with Gasteiger partial charge in [-0.25, -0.2) is 4.98 Å². The topological polar surface area (TPSA) is 60.1 Å². The van der Waals surface area contributed by atoms with Gasteiger partial charge in [-0.3, -0.25) is 0 Å². The lowest BCUT2D eigenvalue weighted by molar-refractivity contribution is 0.355. The van der Waals surface area contributed by atoms with Crippen LogP contribution in [0.1, 0.15) is 6.42 Å². The quantitative estimate of drug-likeness (QED) is 0.445. The van der Waals surface area contributed by atoms with E-state index in [0.29, 0.717) is 24.5 Å². The number of benzene rings is 2. The average molecular weight is 389 g/mol. The zero-order valence-corrected chi connectivity index (χ0v) is 16.5. The van der Waals surface area contributed by atoms with E-state index in [0.717, 1.165) is 32.7 Å². The molecule has 0 aliphatic rings. The summed E-state index contributed by atoms with van der Waals surface area (Å²) >= 11 is 1.60. The number of thiazole rings is 1. The highest BCUT2D eigenvalue weighted by atomic mass is 32.1. The number of nitriles is 1. The maximum Gasteiger partial charge on any atom is 0.161 e. The van der Waals surface area contributed by atoms with E-state index in [9.17, 15) is 0 Å². The Hall–Kier alpha value is -3.30. The van der Waals surface area contributed by atoms with Crippen molar-refractivity contribution in [2.45, 2.75) is 13.0 Å². The van der Waals surface area contributed by atoms with Crippen LogP contribution in [0.2, 0.25) is 0 Å². The zero-order chi connectivity index (χ0) is 19.5. The van der Waals surface area contributed by atoms with Gasteiger partial charge in [-0.05, 0) is 24.3 Å². The summed E-state index contributed by atoms with van der Waals surface area (Å²) in [7, 11) is 3.26. The highest BCUT2D eigenvalue weighted by Gasteiger charge is 2.14. The molecule has 0 N–H and O–H groups in total. The van der Waals surface area contributed by atoms with Gasteiger partial charge < -0.3 is 14.0 Å². The minimum Gasteiger partial charge on any atom is -0.493 e. The Morgan fingerprint density at radius 1 is 1.11 bits per heavy atom. The summed E-state index contributed by atoms with van der Waals surface area (Å²) in [6.45, 7) is 0.670. The van der Waals surface area contributed by atoms with Crippen molar-refractivity contribution < 1.29 is 9.47 Å². The van der Waals surface area contributed by atoms with Crippen LogP contribution in [-0.4, -0.2) is 23.8 Å². The van der Waals surface area contributed by atoms with Crippen LogP contribution in [0.4, 0.5) is 0 Å². The molecular weight excluding hydrogens is 370 g/mol. The van der Waals surface area contributed by atoms with Crippen molar-refractivity contribution in [3.05, 3.63) is 54.0 Å². The van der Waals surface area contributed by atoms with E-state index < -0.39 is 0 Å². The number of nitrogens with zero attached hydrogens (tertiary/aromatic N) is 3. The lowest BCUT2D eigenvalue weighted by Crippen LogP contribution is -1.94. The van der Waals surface area contributed by atoms with E-state index in [2.05, 4.69) is 34.3 Å². The summed E-state index contributed by atoms with van der Waals surface area (Å²) in [6, 6.07) is 16.3. The van der Waals surface area contributed by atoms with E-state index in [4.69, 9.17) is 19.7 Å². The van der Waals surface area contributed by atoms with Crippen LogP contribution in [-0.2, 0) is 6.54 Å². The van der Waals surface area contributed by atoms with Gasteiger partial charge in [-0.1, -0.05) is 18.2 Å². The summed E-state index contributed by atoms with van der Waals surface area (Å²) in [5.74, 6) is 1.38. The number of aryl methyl sites for hydroxylation is 1. The summed E-state index contributed by atoms with van der Waals surface area (Å²) in [5.41, 5.74) is 4.12. The molecule has 0 unspecified atom stereocenters. The lowest BCUT2D eigenvalue weighted by atomic mass is 10.1. The minimum absolute atomic E-state index is 0.478. The van der Waals surface area contributed by atoms with Crippen molar-refractivity contribution in [2.24, 2.45) is 0 Å². The minimum atomic E-state index is 0.478. The molecule has 0 spiro atoms. The highest BCUT2D eigenvalue weighted by Crippen LogP contribution is 2.37. The molecule has 0 saturated heterocycles. The normalized spacial score (nSPS) is 10.8. The van der Waals surface area contributed by atoms with Gasteiger partial charge in [0.05, 0.1) is 32.4 Å². The molecular formula is C22H19N3O2S. The van der Waals surface area contributed by atoms with Crippen LogP contribution in [0, 0.1) is 11.3 Å². The summed E-state index contributed by atoms with van der Waals surface area (Å²) in [4.78, 5) is 4.87. The van der Waals surface area contributed by atoms with Gasteiger partial charge in [0.15, 0.2) is 11.5 Å². The molecule has 0 aliphatic carbocycles. The first-order chi connectivity index (χ1) is 13.7. The van der Waals surface area contributed by atoms with E-state index in [1.54, 1.807) is 25.6 Å². The fourth-order valence-corrected chi connectivity index (χ4v) is 4.12. The van der Waals surface area contributed by atoms with Gasteiger partial charge in [-0.2, -0.15) is 5.26 Å². The molecule has 0 radical (unpaired) electrons. The Morgan fingerprint density at radius 2 is 1.93 bits per heavy atom. The van der Waals surface area contributed by atoms with Crippen molar-refractivity contribution in [1.29, 1.82) is 5.26 Å². The molecule has 6 heteroatoms. The van der Waals surface area contributed by atoms with Crippen molar-refractivity contribution in [3.63, 3.8) is 0 Å². The lowest BCUT2D eigenvalue weighted by Gasteiger charge is -2.08. The Balaban J connectivity index is 1.75. The average Bonchev–Trinajstić information content (AvgIpc) is 3.37. The number of para-hydroxylation sites is 1. The molecule has 0 aliphatic heterocycles. The van der Waals surface area contributed by atoms with Crippen molar-refractivity contribution >= 4 is 22.2 Å². The third kappa shape index (κ3) is 3.21. The number of ether oxygens (including phenoxy) is 2. The first-order valence-corrected chi connectivity index (χ1v) is 9.76. The molecule has 140 valence electrons. The predicted molar refractivity (Wildman–Crippen MR) is 112 cm³/mol. The smallest absolute Gasteiger partial charge is 0.161 e. The maximum absolute atomic E-state index is 8.94. The number of fused-ring (bicyclic) bond motifs is 1. The van der Waals surface area contributed by atoms with Crippen molar-refractivity contribution in [2.75, 3.05) is 14.2 Å². The number of aromatic nitrogens is 2. The molecule has 0 amide bonds.